The molecule has 0 unspecified atom stereocenters. The van der Waals surface area contributed by atoms with Crippen molar-refractivity contribution in [1.82, 2.24) is 4.90 Å². The third-order valence-electron chi connectivity index (χ3n) is 3.53. The molecule has 0 aromatic heterocycles. The summed E-state index contributed by atoms with van der Waals surface area (Å²) in [6.07, 6.45) is 1.74. The summed E-state index contributed by atoms with van der Waals surface area (Å²) in [6, 6.07) is 4.40. The second-order valence-corrected chi connectivity index (χ2v) is 4.77. The minimum absolute atomic E-state index is 0.302. The largest absolute Gasteiger partial charge is 0.338 e. The molecule has 1 aliphatic rings. The zero-order valence-corrected chi connectivity index (χ0v) is 10.3. The highest BCUT2D eigenvalue weighted by Crippen LogP contribution is 2.15. The van der Waals surface area contributed by atoms with Crippen LogP contribution < -0.4 is 5.46 Å². The predicted octanol–water partition coefficient (Wildman–Crippen LogP) is 0.684. The van der Waals surface area contributed by atoms with E-state index in [-0.39, 0.29) is 0 Å². The quantitative estimate of drug-likeness (QED) is 0.664. The molecular weight excluding hydrogens is 197 g/mol. The number of nitrogens with zero attached hydrogens (tertiary/aromatic N) is 1. The van der Waals surface area contributed by atoms with Gasteiger partial charge in [0.15, 0.2) is 0 Å². The Morgan fingerprint density at radius 2 is 1.94 bits per heavy atom. The van der Waals surface area contributed by atoms with E-state index in [0.29, 0.717) is 5.91 Å². The lowest BCUT2D eigenvalue weighted by atomic mass is 9.85. The van der Waals surface area contributed by atoms with Crippen molar-refractivity contribution < 1.29 is 4.79 Å². The number of rotatable bonds is 2. The molecular formula is C13H18BNO. The SMILES string of the molecule is Bc1c(C)cc(CN2CCCC2=O)cc1C. The molecule has 0 N–H and O–H groups in total. The maximum atomic E-state index is 11.5. The number of hydrogen-bond acceptors (Lipinski definition) is 1. The lowest BCUT2D eigenvalue weighted by Crippen LogP contribution is -2.24. The van der Waals surface area contributed by atoms with Gasteiger partial charge in [0.1, 0.15) is 7.85 Å². The molecule has 0 atom stereocenters. The number of aryl methyl sites for hydroxylation is 2. The van der Waals surface area contributed by atoms with Gasteiger partial charge in [-0.25, -0.2) is 0 Å². The van der Waals surface area contributed by atoms with Crippen LogP contribution in [0.4, 0.5) is 0 Å². The number of likely N-dealkylation sites (tertiary alicyclic amines) is 1. The molecule has 1 amide bonds. The van der Waals surface area contributed by atoms with Crippen molar-refractivity contribution >= 4 is 19.2 Å². The maximum Gasteiger partial charge on any atom is 0.222 e. The Hall–Kier alpha value is -1.25. The summed E-state index contributed by atoms with van der Waals surface area (Å²) in [5, 5.41) is 0. The topological polar surface area (TPSA) is 20.3 Å². The van der Waals surface area contributed by atoms with Crippen LogP contribution >= 0.6 is 0 Å². The Bertz CT molecular complexity index is 405. The molecule has 0 aliphatic carbocycles. The molecule has 0 bridgehead atoms. The molecule has 1 saturated heterocycles. The Kier molecular flexibility index (Phi) is 3.04. The summed E-state index contributed by atoms with van der Waals surface area (Å²) in [5.74, 6) is 0.302. The van der Waals surface area contributed by atoms with Gasteiger partial charge >= 0.3 is 0 Å². The number of carbonyl (C=O) groups is 1. The fourth-order valence-corrected chi connectivity index (χ4v) is 2.31. The highest BCUT2D eigenvalue weighted by molar-refractivity contribution is 6.34. The first-order valence-electron chi connectivity index (χ1n) is 5.92. The minimum Gasteiger partial charge on any atom is -0.338 e. The molecule has 1 fully saturated rings. The first-order chi connectivity index (χ1) is 7.58. The highest BCUT2D eigenvalue weighted by Gasteiger charge is 2.20. The van der Waals surface area contributed by atoms with Crippen molar-refractivity contribution in [3.63, 3.8) is 0 Å². The van der Waals surface area contributed by atoms with Gasteiger partial charge in [0, 0.05) is 19.5 Å². The average Bonchev–Trinajstić information content (AvgIpc) is 2.61. The molecule has 0 radical (unpaired) electrons. The third-order valence-corrected chi connectivity index (χ3v) is 3.53. The van der Waals surface area contributed by atoms with E-state index in [1.54, 1.807) is 0 Å². The van der Waals surface area contributed by atoms with Gasteiger partial charge in [-0.3, -0.25) is 4.79 Å². The monoisotopic (exact) mass is 215 g/mol. The Labute approximate surface area is 98.1 Å². The molecule has 84 valence electrons. The minimum atomic E-state index is 0.302. The molecule has 1 heterocycles. The average molecular weight is 215 g/mol. The highest BCUT2D eigenvalue weighted by atomic mass is 16.2. The normalized spacial score (nSPS) is 15.9. The maximum absolute atomic E-state index is 11.5. The van der Waals surface area contributed by atoms with Crippen LogP contribution in [0.5, 0.6) is 0 Å². The van der Waals surface area contributed by atoms with E-state index in [4.69, 9.17) is 0 Å². The molecule has 0 spiro atoms. The van der Waals surface area contributed by atoms with Crippen LogP contribution in [0.1, 0.15) is 29.5 Å². The number of hydrogen-bond donors (Lipinski definition) is 0. The van der Waals surface area contributed by atoms with Crippen molar-refractivity contribution in [3.05, 3.63) is 28.8 Å². The van der Waals surface area contributed by atoms with Gasteiger partial charge in [0.05, 0.1) is 0 Å². The standard InChI is InChI=1S/C13H18BNO/c1-9-6-11(7-10(2)13(9)14)8-15-5-3-4-12(15)16/h6-7H,3-5,8,14H2,1-2H3. The van der Waals surface area contributed by atoms with Crippen LogP contribution in [0.3, 0.4) is 0 Å². The van der Waals surface area contributed by atoms with Crippen molar-refractivity contribution in [2.75, 3.05) is 6.54 Å². The zero-order valence-electron chi connectivity index (χ0n) is 10.3. The van der Waals surface area contributed by atoms with Gasteiger partial charge < -0.3 is 4.90 Å². The van der Waals surface area contributed by atoms with Crippen LogP contribution in [0, 0.1) is 13.8 Å². The number of amides is 1. The van der Waals surface area contributed by atoms with Crippen LogP contribution in [0.15, 0.2) is 12.1 Å². The third kappa shape index (κ3) is 2.13. The van der Waals surface area contributed by atoms with E-state index in [1.807, 2.05) is 4.90 Å². The molecule has 1 aliphatic heterocycles. The van der Waals surface area contributed by atoms with E-state index in [9.17, 15) is 4.79 Å². The summed E-state index contributed by atoms with van der Waals surface area (Å²) in [5.41, 5.74) is 5.26. The fraction of sp³-hybridized carbons (Fsp3) is 0.462. The van der Waals surface area contributed by atoms with Crippen LogP contribution in [0.2, 0.25) is 0 Å². The first-order valence-corrected chi connectivity index (χ1v) is 5.92. The summed E-state index contributed by atoms with van der Waals surface area (Å²) < 4.78 is 0. The van der Waals surface area contributed by atoms with Crippen LogP contribution in [-0.4, -0.2) is 25.2 Å². The van der Waals surface area contributed by atoms with Crippen molar-refractivity contribution in [2.45, 2.75) is 33.2 Å². The van der Waals surface area contributed by atoms with Crippen LogP contribution in [0.25, 0.3) is 0 Å². The molecule has 2 nitrogen and oxygen atoms in total. The summed E-state index contributed by atoms with van der Waals surface area (Å²) in [4.78, 5) is 13.5. The molecule has 1 aromatic carbocycles. The Morgan fingerprint density at radius 3 is 2.44 bits per heavy atom. The molecule has 2 rings (SSSR count). The second kappa shape index (κ2) is 4.32. The van der Waals surface area contributed by atoms with Gasteiger partial charge in [-0.15, -0.1) is 0 Å². The Morgan fingerprint density at radius 1 is 1.31 bits per heavy atom. The van der Waals surface area contributed by atoms with Crippen molar-refractivity contribution in [2.24, 2.45) is 0 Å². The summed E-state index contributed by atoms with van der Waals surface area (Å²) >= 11 is 0. The van der Waals surface area contributed by atoms with Gasteiger partial charge in [-0.2, -0.15) is 0 Å². The molecule has 16 heavy (non-hydrogen) atoms. The second-order valence-electron chi connectivity index (χ2n) is 4.77. The van der Waals surface area contributed by atoms with E-state index >= 15 is 0 Å². The summed E-state index contributed by atoms with van der Waals surface area (Å²) in [6.45, 7) is 5.97. The van der Waals surface area contributed by atoms with Crippen molar-refractivity contribution in [1.29, 1.82) is 0 Å². The van der Waals surface area contributed by atoms with Gasteiger partial charge in [-0.05, 0) is 25.8 Å². The van der Waals surface area contributed by atoms with Crippen LogP contribution in [-0.2, 0) is 11.3 Å². The zero-order chi connectivity index (χ0) is 11.7. The molecule has 1 aromatic rings. The summed E-state index contributed by atoms with van der Waals surface area (Å²) in [7, 11) is 2.15. The first kappa shape index (κ1) is 11.2. The van der Waals surface area contributed by atoms with E-state index in [0.717, 1.165) is 25.9 Å². The predicted molar refractivity (Wildman–Crippen MR) is 68.7 cm³/mol. The van der Waals surface area contributed by atoms with Gasteiger partial charge in [-0.1, -0.05) is 28.7 Å². The number of benzene rings is 1. The fourth-order valence-electron chi connectivity index (χ4n) is 2.31. The lowest BCUT2D eigenvalue weighted by Gasteiger charge is -2.17. The lowest BCUT2D eigenvalue weighted by molar-refractivity contribution is -0.128. The Balaban J connectivity index is 2.18. The number of carbonyl (C=O) groups excluding carboxylic acids is 1. The van der Waals surface area contributed by atoms with Gasteiger partial charge in [0.2, 0.25) is 5.91 Å². The van der Waals surface area contributed by atoms with Crippen molar-refractivity contribution in [3.8, 4) is 0 Å². The smallest absolute Gasteiger partial charge is 0.222 e. The molecule has 3 heteroatoms. The van der Waals surface area contributed by atoms with E-state index in [1.165, 1.54) is 22.2 Å². The molecule has 0 saturated carbocycles. The van der Waals surface area contributed by atoms with E-state index in [2.05, 4.69) is 33.8 Å². The van der Waals surface area contributed by atoms with E-state index < -0.39 is 0 Å². The van der Waals surface area contributed by atoms with Gasteiger partial charge in [0.25, 0.3) is 0 Å².